The number of carboxylic acids is 1. The summed E-state index contributed by atoms with van der Waals surface area (Å²) in [6, 6.07) is 27.0. The molecule has 4 aromatic rings. The summed E-state index contributed by atoms with van der Waals surface area (Å²) in [7, 11) is 0. The smallest absolute Gasteiger partial charge is 0.314 e. The van der Waals surface area contributed by atoms with Gasteiger partial charge in [0.15, 0.2) is 5.76 Å². The second-order valence-corrected chi connectivity index (χ2v) is 11.0. The van der Waals surface area contributed by atoms with Crippen molar-refractivity contribution < 1.29 is 14.4 Å². The summed E-state index contributed by atoms with van der Waals surface area (Å²) in [5.41, 5.74) is 6.41. The van der Waals surface area contributed by atoms with Gasteiger partial charge in [0.25, 0.3) is 0 Å². The van der Waals surface area contributed by atoms with Crippen LogP contribution in [0.2, 0.25) is 0 Å². The highest BCUT2D eigenvalue weighted by atomic mass is 16.5. The molecule has 2 N–H and O–H groups in total. The van der Waals surface area contributed by atoms with Gasteiger partial charge in [-0.1, -0.05) is 97.9 Å². The van der Waals surface area contributed by atoms with E-state index in [0.29, 0.717) is 12.8 Å². The molecule has 1 aliphatic carbocycles. The van der Waals surface area contributed by atoms with Crippen molar-refractivity contribution in [3.63, 3.8) is 0 Å². The zero-order valence-corrected chi connectivity index (χ0v) is 21.9. The molecule has 1 unspecified atom stereocenters. The third kappa shape index (κ3) is 4.91. The zero-order chi connectivity index (χ0) is 26.2. The summed E-state index contributed by atoms with van der Waals surface area (Å²) in [6.07, 6.45) is 2.39. The van der Waals surface area contributed by atoms with E-state index in [9.17, 15) is 9.90 Å². The first kappa shape index (κ1) is 24.8. The molecule has 1 atom stereocenters. The van der Waals surface area contributed by atoms with Crippen LogP contribution in [0.3, 0.4) is 0 Å². The van der Waals surface area contributed by atoms with E-state index in [1.807, 2.05) is 43.3 Å². The SMILES string of the molecule is Cc1noc(-c2ccc(-c3ccc(C4(C(=O)O)CC4)cc3)cc2)c1NC(C)CC(C)(C)c1ccccc1. The lowest BCUT2D eigenvalue weighted by Crippen LogP contribution is -2.28. The lowest BCUT2D eigenvalue weighted by Gasteiger charge is -2.29. The van der Waals surface area contributed by atoms with Crippen LogP contribution >= 0.6 is 0 Å². The maximum atomic E-state index is 11.6. The molecular weight excluding hydrogens is 460 g/mol. The maximum absolute atomic E-state index is 11.6. The molecule has 3 aromatic carbocycles. The molecule has 5 rings (SSSR count). The first-order valence-electron chi connectivity index (χ1n) is 12.9. The van der Waals surface area contributed by atoms with Gasteiger partial charge in [-0.3, -0.25) is 4.79 Å². The van der Waals surface area contributed by atoms with Crippen LogP contribution in [0.5, 0.6) is 0 Å². The molecule has 190 valence electrons. The van der Waals surface area contributed by atoms with E-state index in [1.165, 1.54) is 5.56 Å². The number of carboxylic acid groups (broad SMARTS) is 1. The average molecular weight is 495 g/mol. The number of aryl methyl sites for hydroxylation is 1. The van der Waals surface area contributed by atoms with Gasteiger partial charge < -0.3 is 14.9 Å². The minimum absolute atomic E-state index is 0.0275. The number of benzene rings is 3. The van der Waals surface area contributed by atoms with E-state index >= 15 is 0 Å². The van der Waals surface area contributed by atoms with Gasteiger partial charge in [-0.05, 0) is 60.8 Å². The van der Waals surface area contributed by atoms with Crippen molar-refractivity contribution in [3.8, 4) is 22.5 Å². The molecular formula is C32H34N2O3. The summed E-state index contributed by atoms with van der Waals surface area (Å²) < 4.78 is 5.76. The lowest BCUT2D eigenvalue weighted by atomic mass is 9.79. The van der Waals surface area contributed by atoms with Crippen molar-refractivity contribution in [1.82, 2.24) is 5.16 Å². The van der Waals surface area contributed by atoms with E-state index < -0.39 is 11.4 Å². The highest BCUT2D eigenvalue weighted by molar-refractivity contribution is 5.85. The van der Waals surface area contributed by atoms with Gasteiger partial charge in [0.1, 0.15) is 11.4 Å². The standard InChI is InChI=1S/C32H34N2O3/c1-21(20-31(3,4)26-8-6-5-7-9-26)33-28-22(2)34-37-29(28)25-12-10-23(11-13-25)24-14-16-27(17-15-24)32(18-19-32)30(35)36/h5-17,21,33H,18-20H2,1-4H3,(H,35,36). The van der Waals surface area contributed by atoms with Crippen molar-refractivity contribution in [2.75, 3.05) is 5.32 Å². The van der Waals surface area contributed by atoms with Crippen LogP contribution in [0.1, 0.15) is 56.9 Å². The second kappa shape index (κ2) is 9.55. The highest BCUT2D eigenvalue weighted by Gasteiger charge is 2.51. The Kier molecular flexibility index (Phi) is 6.40. The van der Waals surface area contributed by atoms with Gasteiger partial charge in [0, 0.05) is 11.6 Å². The van der Waals surface area contributed by atoms with Crippen molar-refractivity contribution in [1.29, 1.82) is 0 Å². The molecule has 1 aliphatic rings. The number of aromatic nitrogens is 1. The van der Waals surface area contributed by atoms with Gasteiger partial charge in [-0.2, -0.15) is 0 Å². The monoisotopic (exact) mass is 494 g/mol. The van der Waals surface area contributed by atoms with Gasteiger partial charge in [-0.25, -0.2) is 0 Å². The number of hydrogen-bond donors (Lipinski definition) is 2. The Labute approximate surface area is 218 Å². The van der Waals surface area contributed by atoms with Gasteiger partial charge in [0.2, 0.25) is 0 Å². The van der Waals surface area contributed by atoms with Crippen molar-refractivity contribution >= 4 is 11.7 Å². The minimum atomic E-state index is -0.727. The topological polar surface area (TPSA) is 75.4 Å². The third-order valence-corrected chi connectivity index (χ3v) is 7.70. The zero-order valence-electron chi connectivity index (χ0n) is 21.9. The number of rotatable bonds is 9. The summed E-state index contributed by atoms with van der Waals surface area (Å²) in [4.78, 5) is 11.6. The summed E-state index contributed by atoms with van der Waals surface area (Å²) in [6.45, 7) is 8.71. The summed E-state index contributed by atoms with van der Waals surface area (Å²) in [5, 5.41) is 17.5. The molecule has 0 saturated heterocycles. The molecule has 0 amide bonds. The fourth-order valence-electron chi connectivity index (χ4n) is 5.35. The Balaban J connectivity index is 1.31. The molecule has 1 aromatic heterocycles. The molecule has 1 heterocycles. The maximum Gasteiger partial charge on any atom is 0.314 e. The average Bonchev–Trinajstić information content (AvgIpc) is 3.64. The Morgan fingerprint density at radius 2 is 1.54 bits per heavy atom. The summed E-state index contributed by atoms with van der Waals surface area (Å²) in [5.74, 6) is 0.00946. The molecule has 37 heavy (non-hydrogen) atoms. The fraction of sp³-hybridized carbons (Fsp3) is 0.312. The number of anilines is 1. The van der Waals surface area contributed by atoms with Crippen LogP contribution in [-0.2, 0) is 15.6 Å². The normalized spacial score (nSPS) is 15.2. The van der Waals surface area contributed by atoms with E-state index in [-0.39, 0.29) is 11.5 Å². The van der Waals surface area contributed by atoms with E-state index in [2.05, 4.69) is 73.7 Å². The van der Waals surface area contributed by atoms with Crippen molar-refractivity contribution in [2.24, 2.45) is 0 Å². The first-order chi connectivity index (χ1) is 17.7. The molecule has 0 radical (unpaired) electrons. The largest absolute Gasteiger partial charge is 0.481 e. The Hall–Kier alpha value is -3.86. The fourth-order valence-corrected chi connectivity index (χ4v) is 5.35. The molecule has 1 fully saturated rings. The lowest BCUT2D eigenvalue weighted by molar-refractivity contribution is -0.140. The second-order valence-electron chi connectivity index (χ2n) is 11.0. The summed E-state index contributed by atoms with van der Waals surface area (Å²) >= 11 is 0. The van der Waals surface area contributed by atoms with Crippen LogP contribution in [0, 0.1) is 6.92 Å². The van der Waals surface area contributed by atoms with E-state index in [0.717, 1.165) is 45.8 Å². The molecule has 5 nitrogen and oxygen atoms in total. The molecule has 1 saturated carbocycles. The number of aliphatic carboxylic acids is 1. The Morgan fingerprint density at radius 1 is 0.973 bits per heavy atom. The van der Waals surface area contributed by atoms with Crippen LogP contribution < -0.4 is 5.32 Å². The predicted molar refractivity (Wildman–Crippen MR) is 148 cm³/mol. The number of hydrogen-bond acceptors (Lipinski definition) is 4. The highest BCUT2D eigenvalue weighted by Crippen LogP contribution is 2.48. The molecule has 5 heteroatoms. The van der Waals surface area contributed by atoms with E-state index in [4.69, 9.17) is 4.52 Å². The minimum Gasteiger partial charge on any atom is -0.481 e. The number of nitrogens with zero attached hydrogens (tertiary/aromatic N) is 1. The predicted octanol–water partition coefficient (Wildman–Crippen LogP) is 7.60. The Morgan fingerprint density at radius 3 is 2.11 bits per heavy atom. The van der Waals surface area contributed by atoms with Crippen LogP contribution in [-0.4, -0.2) is 22.3 Å². The quantitative estimate of drug-likeness (QED) is 0.251. The first-order valence-corrected chi connectivity index (χ1v) is 12.9. The van der Waals surface area contributed by atoms with E-state index in [1.54, 1.807) is 0 Å². The Bertz CT molecular complexity index is 1380. The molecule has 0 bridgehead atoms. The molecule has 0 aliphatic heterocycles. The van der Waals surface area contributed by atoms with Gasteiger partial charge >= 0.3 is 5.97 Å². The number of nitrogens with one attached hydrogen (secondary N) is 1. The van der Waals surface area contributed by atoms with Gasteiger partial charge in [-0.15, -0.1) is 0 Å². The third-order valence-electron chi connectivity index (χ3n) is 7.70. The van der Waals surface area contributed by atoms with Crippen molar-refractivity contribution in [3.05, 3.63) is 95.7 Å². The van der Waals surface area contributed by atoms with Crippen LogP contribution in [0.25, 0.3) is 22.5 Å². The van der Waals surface area contributed by atoms with Crippen molar-refractivity contribution in [2.45, 2.75) is 63.8 Å². The van der Waals surface area contributed by atoms with Crippen LogP contribution in [0.4, 0.5) is 5.69 Å². The van der Waals surface area contributed by atoms with Crippen LogP contribution in [0.15, 0.2) is 83.4 Å². The molecule has 0 spiro atoms. The van der Waals surface area contributed by atoms with Gasteiger partial charge in [0.05, 0.1) is 5.41 Å². The number of carbonyl (C=O) groups is 1.